The summed E-state index contributed by atoms with van der Waals surface area (Å²) in [7, 11) is 0. The Morgan fingerprint density at radius 1 is 0.971 bits per heavy atom. The predicted octanol–water partition coefficient (Wildman–Crippen LogP) is 5.76. The van der Waals surface area contributed by atoms with E-state index < -0.39 is 0 Å². The van der Waals surface area contributed by atoms with Crippen LogP contribution in [0.4, 0.5) is 11.4 Å². The van der Waals surface area contributed by atoms with Crippen LogP contribution in [-0.4, -0.2) is 42.9 Å². The van der Waals surface area contributed by atoms with Crippen LogP contribution < -0.4 is 16.0 Å². The van der Waals surface area contributed by atoms with Crippen LogP contribution in [0.25, 0.3) is 0 Å². The third-order valence-electron chi connectivity index (χ3n) is 7.10. The molecule has 2 fully saturated rings. The number of carbonyl (C=O) groups is 2. The number of piperidine rings is 2. The van der Waals surface area contributed by atoms with Crippen LogP contribution in [-0.2, 0) is 9.59 Å². The number of hydrogen-bond donors (Lipinski definition) is 2. The molecule has 2 heterocycles. The summed E-state index contributed by atoms with van der Waals surface area (Å²) in [5.74, 6) is -0.396. The molecule has 0 spiro atoms. The average Bonchev–Trinajstić information content (AvgIpc) is 2.85. The van der Waals surface area contributed by atoms with Gasteiger partial charge in [0.25, 0.3) is 0 Å². The quantitative estimate of drug-likeness (QED) is 0.491. The maximum atomic E-state index is 13.1. The zero-order valence-electron chi connectivity index (χ0n) is 19.8. The number of halogens is 3. The van der Waals surface area contributed by atoms with Crippen LogP contribution in [0.1, 0.15) is 44.2 Å². The maximum absolute atomic E-state index is 13.1. The molecule has 2 amide bonds. The summed E-state index contributed by atoms with van der Waals surface area (Å²) in [6.07, 6.45) is 3.16. The molecule has 3 N–H and O–H groups in total. The monoisotopic (exact) mass is 536 g/mol. The number of nitrogens with two attached hydrogens (primary N) is 1. The van der Waals surface area contributed by atoms with Crippen molar-refractivity contribution >= 4 is 58.0 Å². The van der Waals surface area contributed by atoms with E-state index in [1.54, 1.807) is 6.07 Å². The van der Waals surface area contributed by atoms with Crippen molar-refractivity contribution in [2.24, 2.45) is 17.6 Å². The van der Waals surface area contributed by atoms with E-state index in [9.17, 15) is 9.59 Å². The second-order valence-electron chi connectivity index (χ2n) is 9.48. The molecule has 188 valence electrons. The first kappa shape index (κ1) is 25.9. The first-order valence-electron chi connectivity index (χ1n) is 12.1. The number of nitrogens with one attached hydrogen (secondary N) is 1. The van der Waals surface area contributed by atoms with Gasteiger partial charge in [-0.25, -0.2) is 0 Å². The molecule has 2 saturated heterocycles. The second-order valence-corrected chi connectivity index (χ2v) is 10.7. The highest BCUT2D eigenvalue weighted by atomic mass is 35.5. The highest BCUT2D eigenvalue weighted by Crippen LogP contribution is 2.34. The Morgan fingerprint density at radius 3 is 2.40 bits per heavy atom. The van der Waals surface area contributed by atoms with Crippen molar-refractivity contribution in [1.29, 1.82) is 0 Å². The van der Waals surface area contributed by atoms with Crippen LogP contribution >= 0.6 is 34.8 Å². The SMILES string of the molecule is CC(Nc1cc(N2CCC(C(=O)N3CCCC(C(N)=O)C3)CC2)ccc1Cl)c1ccc(Cl)cc1Cl. The summed E-state index contributed by atoms with van der Waals surface area (Å²) in [6.45, 7) is 4.76. The lowest BCUT2D eigenvalue weighted by atomic mass is 9.92. The number of hydrogen-bond acceptors (Lipinski definition) is 4. The molecule has 35 heavy (non-hydrogen) atoms. The van der Waals surface area contributed by atoms with Gasteiger partial charge in [-0.1, -0.05) is 40.9 Å². The van der Waals surface area contributed by atoms with Crippen LogP contribution in [0, 0.1) is 11.8 Å². The topological polar surface area (TPSA) is 78.7 Å². The van der Waals surface area contributed by atoms with Gasteiger partial charge in [0.05, 0.1) is 22.7 Å². The smallest absolute Gasteiger partial charge is 0.225 e. The maximum Gasteiger partial charge on any atom is 0.225 e. The van der Waals surface area contributed by atoms with Gasteiger partial charge in [0.1, 0.15) is 0 Å². The fourth-order valence-corrected chi connectivity index (χ4v) is 5.78. The molecule has 0 bridgehead atoms. The molecule has 2 aromatic carbocycles. The van der Waals surface area contributed by atoms with E-state index in [1.165, 1.54) is 0 Å². The number of nitrogens with zero attached hydrogens (tertiary/aromatic N) is 2. The summed E-state index contributed by atoms with van der Waals surface area (Å²) in [5, 5.41) is 5.30. The third-order valence-corrected chi connectivity index (χ3v) is 7.99. The van der Waals surface area contributed by atoms with Crippen molar-refractivity contribution in [2.75, 3.05) is 36.4 Å². The molecule has 2 atom stereocenters. The van der Waals surface area contributed by atoms with Crippen LogP contribution in [0.3, 0.4) is 0 Å². The summed E-state index contributed by atoms with van der Waals surface area (Å²) < 4.78 is 0. The number of primary amides is 1. The molecule has 2 unspecified atom stereocenters. The zero-order chi connectivity index (χ0) is 25.1. The van der Waals surface area contributed by atoms with Gasteiger partial charge >= 0.3 is 0 Å². The van der Waals surface area contributed by atoms with Crippen molar-refractivity contribution in [3.8, 4) is 0 Å². The Morgan fingerprint density at radius 2 is 1.71 bits per heavy atom. The molecule has 0 aromatic heterocycles. The Bertz CT molecular complexity index is 1090. The highest BCUT2D eigenvalue weighted by Gasteiger charge is 2.33. The van der Waals surface area contributed by atoms with Crippen LogP contribution in [0.15, 0.2) is 36.4 Å². The van der Waals surface area contributed by atoms with E-state index in [0.717, 1.165) is 55.7 Å². The fourth-order valence-electron chi connectivity index (χ4n) is 5.04. The van der Waals surface area contributed by atoms with E-state index >= 15 is 0 Å². The predicted molar refractivity (Wildman–Crippen MR) is 143 cm³/mol. The second kappa shape index (κ2) is 11.3. The molecule has 0 radical (unpaired) electrons. The minimum absolute atomic E-state index is 0.0187. The minimum Gasteiger partial charge on any atom is -0.377 e. The van der Waals surface area contributed by atoms with Crippen molar-refractivity contribution in [2.45, 2.75) is 38.6 Å². The van der Waals surface area contributed by atoms with E-state index in [-0.39, 0.29) is 29.7 Å². The van der Waals surface area contributed by atoms with Crippen LogP contribution in [0.5, 0.6) is 0 Å². The lowest BCUT2D eigenvalue weighted by Crippen LogP contribution is -2.48. The fraction of sp³-hybridized carbons (Fsp3) is 0.462. The lowest BCUT2D eigenvalue weighted by Gasteiger charge is -2.38. The summed E-state index contributed by atoms with van der Waals surface area (Å²) in [4.78, 5) is 28.8. The van der Waals surface area contributed by atoms with Gasteiger partial charge in [-0.3, -0.25) is 9.59 Å². The Kier molecular flexibility index (Phi) is 8.35. The Balaban J connectivity index is 1.38. The number of likely N-dealkylation sites (tertiary alicyclic amines) is 1. The van der Waals surface area contributed by atoms with Gasteiger partial charge in [-0.15, -0.1) is 0 Å². The number of benzene rings is 2. The number of carbonyl (C=O) groups excluding carboxylic acids is 2. The molecule has 2 aromatic rings. The molecule has 6 nitrogen and oxygen atoms in total. The van der Waals surface area contributed by atoms with Crippen molar-refractivity contribution in [1.82, 2.24) is 4.90 Å². The van der Waals surface area contributed by atoms with E-state index in [1.807, 2.05) is 42.2 Å². The Hall–Kier alpha value is -2.15. The third kappa shape index (κ3) is 6.16. The Labute approximate surface area is 221 Å². The lowest BCUT2D eigenvalue weighted by molar-refractivity contribution is -0.139. The van der Waals surface area contributed by atoms with Crippen LogP contribution in [0.2, 0.25) is 15.1 Å². The largest absolute Gasteiger partial charge is 0.377 e. The summed E-state index contributed by atoms with van der Waals surface area (Å²) >= 11 is 18.9. The average molecular weight is 538 g/mol. The van der Waals surface area contributed by atoms with Gasteiger partial charge in [-0.05, 0) is 68.5 Å². The van der Waals surface area contributed by atoms with E-state index in [0.29, 0.717) is 28.2 Å². The molecule has 2 aliphatic rings. The van der Waals surface area contributed by atoms with Crippen molar-refractivity contribution in [3.63, 3.8) is 0 Å². The molecular formula is C26H31Cl3N4O2. The molecule has 0 saturated carbocycles. The molecular weight excluding hydrogens is 507 g/mol. The van der Waals surface area contributed by atoms with Gasteiger partial charge in [0.2, 0.25) is 11.8 Å². The van der Waals surface area contributed by atoms with Crippen molar-refractivity contribution in [3.05, 3.63) is 57.0 Å². The van der Waals surface area contributed by atoms with Crippen molar-refractivity contribution < 1.29 is 9.59 Å². The van der Waals surface area contributed by atoms with Gasteiger partial charge in [0, 0.05) is 47.8 Å². The number of anilines is 2. The first-order valence-corrected chi connectivity index (χ1v) is 13.2. The van der Waals surface area contributed by atoms with Gasteiger partial charge < -0.3 is 20.9 Å². The highest BCUT2D eigenvalue weighted by molar-refractivity contribution is 6.35. The minimum atomic E-state index is -0.308. The van der Waals surface area contributed by atoms with E-state index in [2.05, 4.69) is 10.2 Å². The van der Waals surface area contributed by atoms with Gasteiger partial charge in [0.15, 0.2) is 0 Å². The normalized spacial score (nSPS) is 19.9. The molecule has 4 rings (SSSR count). The van der Waals surface area contributed by atoms with E-state index in [4.69, 9.17) is 40.5 Å². The first-order chi connectivity index (χ1) is 16.7. The standard InChI is InChI=1S/C26H31Cl3N4O2/c1-16(21-6-4-19(27)13-23(21)29)31-24-14-20(5-7-22(24)28)32-11-8-17(9-12-32)26(35)33-10-2-3-18(15-33)25(30)34/h4-7,13-14,16-18,31H,2-3,8-12,15H2,1H3,(H2,30,34). The molecule has 9 heteroatoms. The van der Waals surface area contributed by atoms with Gasteiger partial charge in [-0.2, -0.15) is 0 Å². The summed E-state index contributed by atoms with van der Waals surface area (Å²) in [5.41, 5.74) is 8.30. The number of rotatable bonds is 6. The molecule has 0 aliphatic carbocycles. The zero-order valence-corrected chi connectivity index (χ0v) is 22.0. The molecule has 2 aliphatic heterocycles. The number of amides is 2. The summed E-state index contributed by atoms with van der Waals surface area (Å²) in [6, 6.07) is 11.4.